The highest BCUT2D eigenvalue weighted by Crippen LogP contribution is 2.25. The van der Waals surface area contributed by atoms with Crippen molar-refractivity contribution in [1.82, 2.24) is 15.1 Å². The van der Waals surface area contributed by atoms with E-state index in [2.05, 4.69) is 10.4 Å². The summed E-state index contributed by atoms with van der Waals surface area (Å²) in [4.78, 5) is 12.1. The van der Waals surface area contributed by atoms with Crippen molar-refractivity contribution in [3.63, 3.8) is 0 Å². The number of aromatic nitrogens is 2. The summed E-state index contributed by atoms with van der Waals surface area (Å²) in [5.74, 6) is -1.30. The fourth-order valence-electron chi connectivity index (χ4n) is 2.08. The molecule has 1 aromatic carbocycles. The number of rotatable bonds is 6. The van der Waals surface area contributed by atoms with Gasteiger partial charge in [-0.25, -0.2) is 0 Å². The Bertz CT molecular complexity index is 591. The minimum Gasteiger partial charge on any atom is -0.348 e. The Kier molecular flexibility index (Phi) is 4.72. The van der Waals surface area contributed by atoms with E-state index in [0.29, 0.717) is 5.69 Å². The van der Waals surface area contributed by atoms with Gasteiger partial charge in [0.1, 0.15) is 5.69 Å². The molecule has 0 bridgehead atoms. The summed E-state index contributed by atoms with van der Waals surface area (Å²) in [6.45, 7) is 0.180. The van der Waals surface area contributed by atoms with E-state index in [0.717, 1.165) is 5.56 Å². The van der Waals surface area contributed by atoms with Crippen molar-refractivity contribution in [3.8, 4) is 0 Å². The number of carbonyl (C=O) groups excluding carboxylic acids is 1. The molecule has 1 amide bonds. The lowest BCUT2D eigenvalue weighted by Gasteiger charge is -2.31. The molecule has 2 aromatic rings. The average Bonchev–Trinajstić information content (AvgIpc) is 2.96. The normalized spacial score (nSPS) is 11.4. The lowest BCUT2D eigenvalue weighted by atomic mass is 10.1. The number of methoxy groups -OCH3 is 2. The van der Waals surface area contributed by atoms with Gasteiger partial charge in [-0.2, -0.15) is 5.10 Å². The first kappa shape index (κ1) is 15.2. The van der Waals surface area contributed by atoms with E-state index in [9.17, 15) is 4.79 Å². The van der Waals surface area contributed by atoms with Gasteiger partial charge in [0.25, 0.3) is 5.91 Å². The van der Waals surface area contributed by atoms with Crippen LogP contribution >= 0.6 is 0 Å². The molecule has 0 aliphatic rings. The number of amides is 1. The summed E-state index contributed by atoms with van der Waals surface area (Å²) in [5.41, 5.74) is 1.18. The summed E-state index contributed by atoms with van der Waals surface area (Å²) in [6, 6.07) is 11.1. The number of benzene rings is 1. The fourth-order valence-corrected chi connectivity index (χ4v) is 2.08. The average molecular weight is 289 g/mol. The molecule has 0 saturated heterocycles. The van der Waals surface area contributed by atoms with Gasteiger partial charge in [0.05, 0.1) is 6.54 Å². The molecule has 6 heteroatoms. The minimum atomic E-state index is -1.02. The van der Waals surface area contributed by atoms with Gasteiger partial charge < -0.3 is 14.8 Å². The number of hydrogen-bond acceptors (Lipinski definition) is 4. The van der Waals surface area contributed by atoms with Crippen molar-refractivity contribution in [2.24, 2.45) is 7.05 Å². The molecule has 0 radical (unpaired) electrons. The topological polar surface area (TPSA) is 65.4 Å². The van der Waals surface area contributed by atoms with E-state index in [1.54, 1.807) is 38.2 Å². The SMILES string of the molecule is COC(CNC(=O)c1ccn(C)n1)(OC)c1ccccc1. The van der Waals surface area contributed by atoms with E-state index >= 15 is 0 Å². The number of ether oxygens (including phenoxy) is 2. The van der Waals surface area contributed by atoms with E-state index in [1.807, 2.05) is 30.3 Å². The fraction of sp³-hybridized carbons (Fsp3) is 0.333. The zero-order valence-electron chi connectivity index (χ0n) is 12.4. The smallest absolute Gasteiger partial charge is 0.271 e. The molecule has 0 spiro atoms. The molecule has 1 N–H and O–H groups in total. The maximum absolute atomic E-state index is 12.1. The molecule has 2 rings (SSSR count). The molecule has 0 fully saturated rings. The molecule has 21 heavy (non-hydrogen) atoms. The summed E-state index contributed by atoms with van der Waals surface area (Å²) in [5, 5.41) is 6.85. The van der Waals surface area contributed by atoms with E-state index in [1.165, 1.54) is 0 Å². The Hall–Kier alpha value is -2.18. The van der Waals surface area contributed by atoms with Crippen LogP contribution in [0, 0.1) is 0 Å². The highest BCUT2D eigenvalue weighted by atomic mass is 16.7. The van der Waals surface area contributed by atoms with Gasteiger partial charge in [0.15, 0.2) is 0 Å². The van der Waals surface area contributed by atoms with Gasteiger partial charge in [-0.15, -0.1) is 0 Å². The van der Waals surface area contributed by atoms with Gasteiger partial charge in [0.2, 0.25) is 5.79 Å². The first-order valence-electron chi connectivity index (χ1n) is 6.55. The maximum Gasteiger partial charge on any atom is 0.271 e. The summed E-state index contributed by atoms with van der Waals surface area (Å²) < 4.78 is 12.6. The van der Waals surface area contributed by atoms with Crippen LogP contribution < -0.4 is 5.32 Å². The van der Waals surface area contributed by atoms with Gasteiger partial charge >= 0.3 is 0 Å². The van der Waals surface area contributed by atoms with Crippen LogP contribution in [0.4, 0.5) is 0 Å². The zero-order valence-corrected chi connectivity index (χ0v) is 12.4. The van der Waals surface area contributed by atoms with Crippen molar-refractivity contribution >= 4 is 5.91 Å². The number of carbonyl (C=O) groups is 1. The first-order valence-corrected chi connectivity index (χ1v) is 6.55. The third-order valence-corrected chi connectivity index (χ3v) is 3.30. The summed E-state index contributed by atoms with van der Waals surface area (Å²) in [6.07, 6.45) is 1.71. The molecule has 0 atom stereocenters. The second-order valence-electron chi connectivity index (χ2n) is 4.58. The Labute approximate surface area is 123 Å². The molecule has 1 aromatic heterocycles. The van der Waals surface area contributed by atoms with Crippen molar-refractivity contribution in [3.05, 3.63) is 53.9 Å². The largest absolute Gasteiger partial charge is 0.348 e. The Balaban J connectivity index is 2.12. The second kappa shape index (κ2) is 6.51. The number of nitrogens with zero attached hydrogens (tertiary/aromatic N) is 2. The summed E-state index contributed by atoms with van der Waals surface area (Å²) in [7, 11) is 4.85. The second-order valence-corrected chi connectivity index (χ2v) is 4.58. The van der Waals surface area contributed by atoms with Gasteiger partial charge in [-0.1, -0.05) is 30.3 Å². The van der Waals surface area contributed by atoms with Gasteiger partial charge in [0, 0.05) is 33.0 Å². The van der Waals surface area contributed by atoms with Crippen molar-refractivity contribution in [1.29, 1.82) is 0 Å². The van der Waals surface area contributed by atoms with Crippen LogP contribution in [0.25, 0.3) is 0 Å². The Morgan fingerprint density at radius 3 is 2.43 bits per heavy atom. The lowest BCUT2D eigenvalue weighted by Crippen LogP contribution is -2.43. The quantitative estimate of drug-likeness (QED) is 0.814. The number of aryl methyl sites for hydroxylation is 1. The van der Waals surface area contributed by atoms with Gasteiger partial charge in [-0.3, -0.25) is 9.48 Å². The molecule has 0 saturated carbocycles. The monoisotopic (exact) mass is 289 g/mol. The molecule has 6 nitrogen and oxygen atoms in total. The number of nitrogens with one attached hydrogen (secondary N) is 1. The summed E-state index contributed by atoms with van der Waals surface area (Å²) >= 11 is 0. The highest BCUT2D eigenvalue weighted by molar-refractivity contribution is 5.92. The standard InChI is InChI=1S/C15H19N3O3/c1-18-10-9-13(17-18)14(19)16-11-15(20-2,21-3)12-7-5-4-6-8-12/h4-10H,11H2,1-3H3,(H,16,19). The third-order valence-electron chi connectivity index (χ3n) is 3.30. The molecular formula is C15H19N3O3. The van der Waals surface area contributed by atoms with Crippen LogP contribution in [0.2, 0.25) is 0 Å². The molecule has 0 aliphatic carbocycles. The van der Waals surface area contributed by atoms with Crippen LogP contribution in [-0.2, 0) is 22.3 Å². The van der Waals surface area contributed by atoms with Crippen molar-refractivity contribution in [2.45, 2.75) is 5.79 Å². The predicted octanol–water partition coefficient (Wildman–Crippen LogP) is 1.30. The molecule has 0 unspecified atom stereocenters. The van der Waals surface area contributed by atoms with Crippen LogP contribution in [0.5, 0.6) is 0 Å². The van der Waals surface area contributed by atoms with E-state index in [-0.39, 0.29) is 12.5 Å². The number of hydrogen-bond donors (Lipinski definition) is 1. The van der Waals surface area contributed by atoms with Crippen LogP contribution in [0.1, 0.15) is 16.1 Å². The van der Waals surface area contributed by atoms with Crippen molar-refractivity contribution < 1.29 is 14.3 Å². The molecular weight excluding hydrogens is 270 g/mol. The van der Waals surface area contributed by atoms with Crippen LogP contribution in [0.15, 0.2) is 42.6 Å². The minimum absolute atomic E-state index is 0.180. The Morgan fingerprint density at radius 2 is 1.90 bits per heavy atom. The van der Waals surface area contributed by atoms with E-state index in [4.69, 9.17) is 9.47 Å². The third kappa shape index (κ3) is 3.29. The van der Waals surface area contributed by atoms with Gasteiger partial charge in [-0.05, 0) is 6.07 Å². The Morgan fingerprint density at radius 1 is 1.24 bits per heavy atom. The van der Waals surface area contributed by atoms with Crippen molar-refractivity contribution in [2.75, 3.05) is 20.8 Å². The first-order chi connectivity index (χ1) is 10.1. The van der Waals surface area contributed by atoms with Crippen LogP contribution in [-0.4, -0.2) is 36.5 Å². The highest BCUT2D eigenvalue weighted by Gasteiger charge is 2.32. The molecule has 0 aliphatic heterocycles. The lowest BCUT2D eigenvalue weighted by molar-refractivity contribution is -0.210. The molecule has 112 valence electrons. The maximum atomic E-state index is 12.1. The zero-order chi connectivity index (χ0) is 15.3. The molecule has 1 heterocycles. The predicted molar refractivity (Wildman–Crippen MR) is 77.7 cm³/mol. The van der Waals surface area contributed by atoms with E-state index < -0.39 is 5.79 Å². The van der Waals surface area contributed by atoms with Crippen LogP contribution in [0.3, 0.4) is 0 Å².